The Balaban J connectivity index is 1.81. The molecule has 1 heterocycles. The van der Waals surface area contributed by atoms with Gasteiger partial charge in [-0.15, -0.1) is 0 Å². The molecule has 1 aromatic heterocycles. The third-order valence-corrected chi connectivity index (χ3v) is 3.17. The highest BCUT2D eigenvalue weighted by atomic mass is 16.6. The van der Waals surface area contributed by atoms with Gasteiger partial charge in [0.15, 0.2) is 11.5 Å². The molecule has 0 atom stereocenters. The number of para-hydroxylation sites is 1. The van der Waals surface area contributed by atoms with Crippen LogP contribution in [0.2, 0.25) is 0 Å². The number of nitrogens with one attached hydrogen (secondary N) is 1. The van der Waals surface area contributed by atoms with Crippen molar-refractivity contribution in [1.82, 2.24) is 4.98 Å². The number of oxazole rings is 1. The van der Waals surface area contributed by atoms with E-state index in [0.717, 1.165) is 16.8 Å². The van der Waals surface area contributed by atoms with Gasteiger partial charge in [-0.2, -0.15) is 0 Å². The fourth-order valence-corrected chi connectivity index (χ4v) is 2.19. The van der Waals surface area contributed by atoms with Gasteiger partial charge in [-0.25, -0.2) is 4.98 Å². The van der Waals surface area contributed by atoms with E-state index in [2.05, 4.69) is 10.3 Å². The molecule has 0 aliphatic carbocycles. The molecule has 0 unspecified atom stereocenters. The van der Waals surface area contributed by atoms with E-state index in [1.54, 1.807) is 25.1 Å². The van der Waals surface area contributed by atoms with Crippen molar-refractivity contribution in [2.45, 2.75) is 13.5 Å². The van der Waals surface area contributed by atoms with Gasteiger partial charge >= 0.3 is 0 Å². The van der Waals surface area contributed by atoms with Gasteiger partial charge < -0.3 is 9.73 Å². The summed E-state index contributed by atoms with van der Waals surface area (Å²) in [5.41, 5.74) is 3.08. The predicted molar refractivity (Wildman–Crippen MR) is 79.2 cm³/mol. The SMILES string of the molecule is Cc1nc2cc(NCc3ccccc3[N+](=O)[O-])ccc2o1. The van der Waals surface area contributed by atoms with Crippen molar-refractivity contribution in [2.24, 2.45) is 0 Å². The maximum absolute atomic E-state index is 11.0. The largest absolute Gasteiger partial charge is 0.441 e. The van der Waals surface area contributed by atoms with Crippen LogP contribution in [0.3, 0.4) is 0 Å². The van der Waals surface area contributed by atoms with Gasteiger partial charge in [0, 0.05) is 30.8 Å². The van der Waals surface area contributed by atoms with Gasteiger partial charge in [-0.3, -0.25) is 10.1 Å². The zero-order valence-electron chi connectivity index (χ0n) is 11.4. The van der Waals surface area contributed by atoms with Crippen molar-refractivity contribution >= 4 is 22.5 Å². The lowest BCUT2D eigenvalue weighted by Crippen LogP contribution is -2.02. The molecular weight excluding hydrogens is 270 g/mol. The summed E-state index contributed by atoms with van der Waals surface area (Å²) >= 11 is 0. The summed E-state index contributed by atoms with van der Waals surface area (Å²) in [6.45, 7) is 2.17. The van der Waals surface area contributed by atoms with Crippen molar-refractivity contribution in [3.8, 4) is 0 Å². The summed E-state index contributed by atoms with van der Waals surface area (Å²) in [4.78, 5) is 14.9. The van der Waals surface area contributed by atoms with Crippen molar-refractivity contribution in [3.05, 3.63) is 64.0 Å². The summed E-state index contributed by atoms with van der Waals surface area (Å²) < 4.78 is 5.41. The molecule has 1 N–H and O–H groups in total. The molecule has 3 rings (SSSR count). The Kier molecular flexibility index (Phi) is 3.27. The number of fused-ring (bicyclic) bond motifs is 1. The molecule has 0 aliphatic rings. The zero-order valence-corrected chi connectivity index (χ0v) is 11.4. The number of hydrogen-bond donors (Lipinski definition) is 1. The first-order valence-corrected chi connectivity index (χ1v) is 6.47. The first kappa shape index (κ1) is 13.1. The average molecular weight is 283 g/mol. The third-order valence-electron chi connectivity index (χ3n) is 3.17. The molecule has 0 saturated heterocycles. The van der Waals surface area contributed by atoms with Crippen LogP contribution < -0.4 is 5.32 Å². The number of nitro benzene ring substituents is 1. The number of aryl methyl sites for hydroxylation is 1. The van der Waals surface area contributed by atoms with Crippen LogP contribution in [0.25, 0.3) is 11.1 Å². The van der Waals surface area contributed by atoms with Crippen LogP contribution in [0, 0.1) is 17.0 Å². The lowest BCUT2D eigenvalue weighted by Gasteiger charge is -2.06. The van der Waals surface area contributed by atoms with Gasteiger partial charge in [-0.05, 0) is 18.2 Å². The second-order valence-electron chi connectivity index (χ2n) is 4.65. The average Bonchev–Trinajstić information content (AvgIpc) is 2.84. The Hall–Kier alpha value is -2.89. The van der Waals surface area contributed by atoms with Crippen LogP contribution in [0.15, 0.2) is 46.9 Å². The van der Waals surface area contributed by atoms with E-state index < -0.39 is 0 Å². The maximum Gasteiger partial charge on any atom is 0.274 e. The monoisotopic (exact) mass is 283 g/mol. The van der Waals surface area contributed by atoms with Gasteiger partial charge in [0.05, 0.1) is 4.92 Å². The highest BCUT2D eigenvalue weighted by molar-refractivity contribution is 5.77. The summed E-state index contributed by atoms with van der Waals surface area (Å²) in [5, 5.41) is 14.1. The Morgan fingerprint density at radius 2 is 2.10 bits per heavy atom. The topological polar surface area (TPSA) is 81.2 Å². The van der Waals surface area contributed by atoms with Crippen LogP contribution >= 0.6 is 0 Å². The summed E-state index contributed by atoms with van der Waals surface area (Å²) in [6, 6.07) is 12.2. The van der Waals surface area contributed by atoms with Crippen LogP contribution in [-0.2, 0) is 6.54 Å². The van der Waals surface area contributed by atoms with Gasteiger partial charge in [0.25, 0.3) is 5.69 Å². The van der Waals surface area contributed by atoms with E-state index in [0.29, 0.717) is 18.0 Å². The van der Waals surface area contributed by atoms with Crippen molar-refractivity contribution in [2.75, 3.05) is 5.32 Å². The number of benzene rings is 2. The summed E-state index contributed by atoms with van der Waals surface area (Å²) in [6.07, 6.45) is 0. The number of hydrogen-bond acceptors (Lipinski definition) is 5. The minimum atomic E-state index is -0.374. The molecule has 0 spiro atoms. The fraction of sp³-hybridized carbons (Fsp3) is 0.133. The summed E-state index contributed by atoms with van der Waals surface area (Å²) in [7, 11) is 0. The number of nitro groups is 1. The minimum absolute atomic E-state index is 0.114. The van der Waals surface area contributed by atoms with Gasteiger partial charge in [0.1, 0.15) is 5.52 Å². The molecule has 0 amide bonds. The van der Waals surface area contributed by atoms with Crippen molar-refractivity contribution in [1.29, 1.82) is 0 Å². The molecule has 21 heavy (non-hydrogen) atoms. The number of anilines is 1. The fourth-order valence-electron chi connectivity index (χ4n) is 2.19. The van der Waals surface area contributed by atoms with E-state index in [4.69, 9.17) is 4.42 Å². The van der Waals surface area contributed by atoms with E-state index in [1.807, 2.05) is 18.2 Å². The lowest BCUT2D eigenvalue weighted by molar-refractivity contribution is -0.385. The smallest absolute Gasteiger partial charge is 0.274 e. The molecule has 0 aliphatic heterocycles. The molecule has 0 bridgehead atoms. The third kappa shape index (κ3) is 2.69. The van der Waals surface area contributed by atoms with Crippen LogP contribution in [0.1, 0.15) is 11.5 Å². The maximum atomic E-state index is 11.0. The molecule has 3 aromatic rings. The van der Waals surface area contributed by atoms with Crippen LogP contribution in [0.4, 0.5) is 11.4 Å². The second kappa shape index (κ2) is 5.24. The molecular formula is C15H13N3O3. The van der Waals surface area contributed by atoms with E-state index in [1.165, 1.54) is 6.07 Å². The predicted octanol–water partition coefficient (Wildman–Crippen LogP) is 3.66. The Bertz CT molecular complexity index is 811. The quantitative estimate of drug-likeness (QED) is 0.583. The Morgan fingerprint density at radius 3 is 2.90 bits per heavy atom. The molecule has 6 nitrogen and oxygen atoms in total. The van der Waals surface area contributed by atoms with E-state index in [9.17, 15) is 10.1 Å². The molecule has 6 heteroatoms. The number of nitrogens with zero attached hydrogens (tertiary/aromatic N) is 2. The highest BCUT2D eigenvalue weighted by Gasteiger charge is 2.12. The van der Waals surface area contributed by atoms with E-state index in [-0.39, 0.29) is 10.6 Å². The molecule has 106 valence electrons. The second-order valence-corrected chi connectivity index (χ2v) is 4.65. The highest BCUT2D eigenvalue weighted by Crippen LogP contribution is 2.22. The van der Waals surface area contributed by atoms with Crippen molar-refractivity contribution in [3.63, 3.8) is 0 Å². The van der Waals surface area contributed by atoms with E-state index >= 15 is 0 Å². The number of aromatic nitrogens is 1. The molecule has 2 aromatic carbocycles. The normalized spacial score (nSPS) is 10.7. The molecule has 0 fully saturated rings. The first-order chi connectivity index (χ1) is 10.1. The first-order valence-electron chi connectivity index (χ1n) is 6.47. The zero-order chi connectivity index (χ0) is 14.8. The van der Waals surface area contributed by atoms with Gasteiger partial charge in [-0.1, -0.05) is 18.2 Å². The lowest BCUT2D eigenvalue weighted by atomic mass is 10.1. The minimum Gasteiger partial charge on any atom is -0.441 e. The van der Waals surface area contributed by atoms with Gasteiger partial charge in [0.2, 0.25) is 0 Å². The van der Waals surface area contributed by atoms with Crippen LogP contribution in [-0.4, -0.2) is 9.91 Å². The Labute approximate surface area is 120 Å². The van der Waals surface area contributed by atoms with Crippen LogP contribution in [0.5, 0.6) is 0 Å². The Morgan fingerprint density at radius 1 is 1.29 bits per heavy atom. The van der Waals surface area contributed by atoms with Crippen molar-refractivity contribution < 1.29 is 9.34 Å². The standard InChI is InChI=1S/C15H13N3O3/c1-10-17-13-8-12(6-7-15(13)21-10)16-9-11-4-2-3-5-14(11)18(19)20/h2-8,16H,9H2,1H3. The summed E-state index contributed by atoms with van der Waals surface area (Å²) in [5.74, 6) is 0.612. The number of rotatable bonds is 4. The molecule has 0 radical (unpaired) electrons. The molecule has 0 saturated carbocycles.